The van der Waals surface area contributed by atoms with Crippen LogP contribution >= 0.6 is 0 Å². The molecule has 0 aliphatic rings. The third-order valence-corrected chi connectivity index (χ3v) is 3.89. The molecule has 0 saturated carbocycles. The van der Waals surface area contributed by atoms with E-state index in [1.165, 1.54) is 0 Å². The van der Waals surface area contributed by atoms with E-state index in [2.05, 4.69) is 34.0 Å². The Morgan fingerprint density at radius 2 is 1.76 bits per heavy atom. The van der Waals surface area contributed by atoms with Gasteiger partial charge in [-0.25, -0.2) is 4.99 Å². The number of benzene rings is 2. The third kappa shape index (κ3) is 5.31. The molecule has 0 atom stereocenters. The van der Waals surface area contributed by atoms with E-state index in [9.17, 15) is 0 Å². The second-order valence-corrected chi connectivity index (χ2v) is 5.69. The number of allylic oxidation sites excluding steroid dienone is 2. The highest BCUT2D eigenvalue weighted by molar-refractivity contribution is 6.05. The summed E-state index contributed by atoms with van der Waals surface area (Å²) in [7, 11) is 2.00. The first-order valence-corrected chi connectivity index (χ1v) is 8.54. The molecule has 4 nitrogen and oxygen atoms in total. The van der Waals surface area contributed by atoms with Gasteiger partial charge >= 0.3 is 0 Å². The average Bonchev–Trinajstić information content (AvgIpc) is 2.65. The molecular formula is C21H26N4. The number of para-hydroxylation sites is 1. The highest BCUT2D eigenvalue weighted by Crippen LogP contribution is 2.19. The Bertz CT molecular complexity index is 760. The maximum atomic E-state index is 6.15. The Morgan fingerprint density at radius 3 is 2.44 bits per heavy atom. The number of nitrogens with zero attached hydrogens (tertiary/aromatic N) is 3. The van der Waals surface area contributed by atoms with Crippen LogP contribution in [-0.2, 0) is 6.42 Å². The Balaban J connectivity index is 2.38. The van der Waals surface area contributed by atoms with Crippen molar-refractivity contribution in [3.8, 4) is 0 Å². The van der Waals surface area contributed by atoms with E-state index >= 15 is 0 Å². The zero-order chi connectivity index (χ0) is 18.1. The number of rotatable bonds is 5. The maximum absolute atomic E-state index is 6.15. The van der Waals surface area contributed by atoms with Gasteiger partial charge in [0.25, 0.3) is 0 Å². The van der Waals surface area contributed by atoms with Crippen molar-refractivity contribution in [1.29, 1.82) is 0 Å². The Morgan fingerprint density at radius 1 is 1.08 bits per heavy atom. The molecule has 0 aliphatic heterocycles. The molecule has 0 amide bonds. The Labute approximate surface area is 150 Å². The summed E-state index contributed by atoms with van der Waals surface area (Å²) in [5, 5.41) is 0. The fourth-order valence-corrected chi connectivity index (χ4v) is 2.40. The highest BCUT2D eigenvalue weighted by Gasteiger charge is 2.09. The van der Waals surface area contributed by atoms with Gasteiger partial charge in [-0.15, -0.1) is 0 Å². The number of hydrogen-bond donors (Lipinski definition) is 1. The summed E-state index contributed by atoms with van der Waals surface area (Å²) in [5.41, 5.74) is 9.16. The molecule has 2 N–H and O–H groups in total. The first kappa shape index (κ1) is 18.5. The molecular weight excluding hydrogens is 308 g/mol. The summed E-state index contributed by atoms with van der Waals surface area (Å²) in [6.45, 7) is 4.92. The topological polar surface area (TPSA) is 54.0 Å². The SMILES string of the molecule is C/C=C\Cc1ccccc1N=C(N)N=C(c1ccccc1)N(C)CC. The fourth-order valence-electron chi connectivity index (χ4n) is 2.40. The van der Waals surface area contributed by atoms with E-state index in [1.807, 2.05) is 68.6 Å². The van der Waals surface area contributed by atoms with Crippen molar-refractivity contribution in [1.82, 2.24) is 4.90 Å². The number of guanidine groups is 1. The summed E-state index contributed by atoms with van der Waals surface area (Å²) in [5.74, 6) is 1.07. The van der Waals surface area contributed by atoms with Gasteiger partial charge in [0.05, 0.1) is 5.69 Å². The molecule has 0 spiro atoms. The van der Waals surface area contributed by atoms with Crippen LogP contribution in [0.4, 0.5) is 5.69 Å². The van der Waals surface area contributed by atoms with Gasteiger partial charge in [-0.1, -0.05) is 60.7 Å². The predicted molar refractivity (Wildman–Crippen MR) is 108 cm³/mol. The van der Waals surface area contributed by atoms with Crippen molar-refractivity contribution in [2.24, 2.45) is 15.7 Å². The molecule has 2 aromatic carbocycles. The molecule has 130 valence electrons. The lowest BCUT2D eigenvalue weighted by molar-refractivity contribution is 0.537. The summed E-state index contributed by atoms with van der Waals surface area (Å²) in [6.07, 6.45) is 4.97. The minimum atomic E-state index is 0.257. The quantitative estimate of drug-likeness (QED) is 0.507. The van der Waals surface area contributed by atoms with Crippen LogP contribution < -0.4 is 5.73 Å². The molecule has 0 aliphatic carbocycles. The summed E-state index contributed by atoms with van der Waals surface area (Å²) < 4.78 is 0. The van der Waals surface area contributed by atoms with Crippen molar-refractivity contribution >= 4 is 17.5 Å². The molecule has 25 heavy (non-hydrogen) atoms. The van der Waals surface area contributed by atoms with Gasteiger partial charge in [-0.3, -0.25) is 0 Å². The first-order valence-electron chi connectivity index (χ1n) is 8.54. The lowest BCUT2D eigenvalue weighted by atomic mass is 10.1. The minimum absolute atomic E-state index is 0.257. The molecule has 2 rings (SSSR count). The molecule has 0 aromatic heterocycles. The van der Waals surface area contributed by atoms with Crippen LogP contribution in [0.2, 0.25) is 0 Å². The van der Waals surface area contributed by atoms with Crippen molar-refractivity contribution in [3.63, 3.8) is 0 Å². The van der Waals surface area contributed by atoms with Crippen LogP contribution in [0, 0.1) is 0 Å². The number of aliphatic imine (C=N–C) groups is 2. The molecule has 2 aromatic rings. The second kappa shape index (κ2) is 9.42. The molecule has 0 unspecified atom stereocenters. The van der Waals surface area contributed by atoms with E-state index < -0.39 is 0 Å². The lowest BCUT2D eigenvalue weighted by Gasteiger charge is -2.19. The number of hydrogen-bond acceptors (Lipinski definition) is 1. The Kier molecular flexibility index (Phi) is 6.96. The van der Waals surface area contributed by atoms with Gasteiger partial charge < -0.3 is 10.6 Å². The molecule has 0 heterocycles. The van der Waals surface area contributed by atoms with Crippen molar-refractivity contribution in [2.75, 3.05) is 13.6 Å². The third-order valence-electron chi connectivity index (χ3n) is 3.89. The largest absolute Gasteiger partial charge is 0.368 e. The zero-order valence-electron chi connectivity index (χ0n) is 15.2. The lowest BCUT2D eigenvalue weighted by Crippen LogP contribution is -2.29. The second-order valence-electron chi connectivity index (χ2n) is 5.69. The van der Waals surface area contributed by atoms with Crippen LogP contribution in [0.25, 0.3) is 0 Å². The van der Waals surface area contributed by atoms with Crippen LogP contribution in [0.5, 0.6) is 0 Å². The molecule has 0 bridgehead atoms. The first-order chi connectivity index (χ1) is 12.2. The van der Waals surface area contributed by atoms with Crippen molar-refractivity contribution < 1.29 is 0 Å². The molecule has 0 fully saturated rings. The van der Waals surface area contributed by atoms with Gasteiger partial charge in [-0.2, -0.15) is 4.99 Å². The van der Waals surface area contributed by atoms with E-state index in [4.69, 9.17) is 5.73 Å². The van der Waals surface area contributed by atoms with E-state index in [0.717, 1.165) is 35.6 Å². The number of amidine groups is 1. The maximum Gasteiger partial charge on any atom is 0.222 e. The van der Waals surface area contributed by atoms with Gasteiger partial charge in [0.2, 0.25) is 5.96 Å². The monoisotopic (exact) mass is 334 g/mol. The highest BCUT2D eigenvalue weighted by atomic mass is 15.2. The van der Waals surface area contributed by atoms with Gasteiger partial charge in [0.1, 0.15) is 5.84 Å². The normalized spacial score (nSPS) is 12.6. The van der Waals surface area contributed by atoms with Gasteiger partial charge in [0.15, 0.2) is 0 Å². The van der Waals surface area contributed by atoms with E-state index in [0.29, 0.717) is 0 Å². The average molecular weight is 334 g/mol. The Hall–Kier alpha value is -2.88. The fraction of sp³-hybridized carbons (Fsp3) is 0.238. The van der Waals surface area contributed by atoms with E-state index in [-0.39, 0.29) is 5.96 Å². The minimum Gasteiger partial charge on any atom is -0.368 e. The molecule has 0 saturated heterocycles. The van der Waals surface area contributed by atoms with Crippen LogP contribution in [0.3, 0.4) is 0 Å². The smallest absolute Gasteiger partial charge is 0.222 e. The molecule has 4 heteroatoms. The zero-order valence-corrected chi connectivity index (χ0v) is 15.2. The predicted octanol–water partition coefficient (Wildman–Crippen LogP) is 4.15. The number of nitrogens with two attached hydrogens (primary N) is 1. The van der Waals surface area contributed by atoms with Crippen molar-refractivity contribution in [2.45, 2.75) is 20.3 Å². The van der Waals surface area contributed by atoms with Crippen molar-refractivity contribution in [3.05, 3.63) is 77.9 Å². The summed E-state index contributed by atoms with van der Waals surface area (Å²) in [4.78, 5) is 11.2. The van der Waals surface area contributed by atoms with Crippen LogP contribution in [-0.4, -0.2) is 30.3 Å². The van der Waals surface area contributed by atoms with Gasteiger partial charge in [0, 0.05) is 19.2 Å². The standard InChI is InChI=1S/C21H26N4/c1-4-6-12-17-13-10-11-16-19(17)23-21(22)24-20(25(3)5-2)18-14-8-7-9-15-18/h4,6-11,13-16H,5,12H2,1-3H3,(H2,22,23)/b6-4-,24-20?. The molecule has 0 radical (unpaired) electrons. The summed E-state index contributed by atoms with van der Waals surface area (Å²) in [6, 6.07) is 18.0. The van der Waals surface area contributed by atoms with Crippen LogP contribution in [0.15, 0.2) is 76.7 Å². The summed E-state index contributed by atoms with van der Waals surface area (Å²) >= 11 is 0. The van der Waals surface area contributed by atoms with E-state index in [1.54, 1.807) is 0 Å². The van der Waals surface area contributed by atoms with Gasteiger partial charge in [-0.05, 0) is 31.9 Å². The van der Waals surface area contributed by atoms with Crippen LogP contribution in [0.1, 0.15) is 25.0 Å².